The zero-order chi connectivity index (χ0) is 15.5. The van der Waals surface area contributed by atoms with Crippen LogP contribution < -0.4 is 10.6 Å². The number of carboxylic acid groups (broad SMARTS) is 1. The van der Waals surface area contributed by atoms with Gasteiger partial charge >= 0.3 is 12.0 Å². The summed E-state index contributed by atoms with van der Waals surface area (Å²) in [5.41, 5.74) is 0.0620. The van der Waals surface area contributed by atoms with Crippen molar-refractivity contribution in [1.82, 2.24) is 15.5 Å². The smallest absolute Gasteiger partial charge is 0.315 e. The van der Waals surface area contributed by atoms with Crippen LogP contribution in [0.15, 0.2) is 12.2 Å². The van der Waals surface area contributed by atoms with Crippen molar-refractivity contribution in [1.29, 1.82) is 0 Å². The summed E-state index contributed by atoms with van der Waals surface area (Å²) in [6.45, 7) is 0.630. The van der Waals surface area contributed by atoms with E-state index in [0.717, 1.165) is 12.8 Å². The Hall–Kier alpha value is -1.56. The van der Waals surface area contributed by atoms with Gasteiger partial charge in [0, 0.05) is 12.1 Å². The van der Waals surface area contributed by atoms with Crippen molar-refractivity contribution in [2.45, 2.75) is 43.7 Å². The second kappa shape index (κ2) is 6.47. The molecule has 2 aliphatic carbocycles. The summed E-state index contributed by atoms with van der Waals surface area (Å²) in [7, 11) is 4.12. The topological polar surface area (TPSA) is 81.7 Å². The molecule has 2 unspecified atom stereocenters. The van der Waals surface area contributed by atoms with Gasteiger partial charge in [0.15, 0.2) is 0 Å². The number of aliphatic carboxylic acids is 1. The number of carbonyl (C=O) groups excluding carboxylic acids is 1. The molecule has 118 valence electrons. The van der Waals surface area contributed by atoms with E-state index in [1.807, 2.05) is 0 Å². The summed E-state index contributed by atoms with van der Waals surface area (Å²) in [4.78, 5) is 25.0. The largest absolute Gasteiger partial charge is 0.481 e. The van der Waals surface area contributed by atoms with E-state index in [9.17, 15) is 9.59 Å². The number of amides is 2. The summed E-state index contributed by atoms with van der Waals surface area (Å²) in [5, 5.41) is 14.7. The fraction of sp³-hybridized carbons (Fsp3) is 0.733. The highest BCUT2D eigenvalue weighted by Gasteiger charge is 2.36. The van der Waals surface area contributed by atoms with Gasteiger partial charge in [0.2, 0.25) is 0 Å². The van der Waals surface area contributed by atoms with Crippen molar-refractivity contribution in [2.24, 2.45) is 5.92 Å². The lowest BCUT2D eigenvalue weighted by Crippen LogP contribution is -2.53. The molecule has 0 aromatic carbocycles. The molecule has 1 fully saturated rings. The molecule has 0 aromatic rings. The first kappa shape index (κ1) is 15.8. The van der Waals surface area contributed by atoms with Gasteiger partial charge in [0.1, 0.15) is 0 Å². The van der Waals surface area contributed by atoms with Gasteiger partial charge in [-0.3, -0.25) is 4.79 Å². The third-order valence-corrected chi connectivity index (χ3v) is 4.78. The highest BCUT2D eigenvalue weighted by Crippen LogP contribution is 2.33. The van der Waals surface area contributed by atoms with E-state index in [2.05, 4.69) is 29.6 Å². The molecule has 6 heteroatoms. The molecule has 0 radical (unpaired) electrons. The first-order valence-corrected chi connectivity index (χ1v) is 7.56. The average Bonchev–Trinajstić information content (AvgIpc) is 3.05. The van der Waals surface area contributed by atoms with Crippen LogP contribution in [0.4, 0.5) is 4.79 Å². The van der Waals surface area contributed by atoms with Gasteiger partial charge in [0.05, 0.1) is 12.0 Å². The Morgan fingerprint density at radius 3 is 2.48 bits per heavy atom. The zero-order valence-electron chi connectivity index (χ0n) is 12.8. The van der Waals surface area contributed by atoms with E-state index >= 15 is 0 Å². The summed E-state index contributed by atoms with van der Waals surface area (Å²) in [5.74, 6) is -1.33. The van der Waals surface area contributed by atoms with E-state index in [-0.39, 0.29) is 17.6 Å². The highest BCUT2D eigenvalue weighted by atomic mass is 16.4. The van der Waals surface area contributed by atoms with E-state index in [1.54, 1.807) is 12.2 Å². The number of carboxylic acids is 1. The second-order valence-electron chi connectivity index (χ2n) is 6.32. The Kier molecular flexibility index (Phi) is 4.88. The number of rotatable bonds is 5. The van der Waals surface area contributed by atoms with Crippen LogP contribution in [0.5, 0.6) is 0 Å². The van der Waals surface area contributed by atoms with E-state index < -0.39 is 11.9 Å². The molecule has 2 amide bonds. The summed E-state index contributed by atoms with van der Waals surface area (Å²) in [6.07, 6.45) is 8.44. The van der Waals surface area contributed by atoms with Crippen molar-refractivity contribution in [3.63, 3.8) is 0 Å². The highest BCUT2D eigenvalue weighted by molar-refractivity contribution is 5.76. The first-order valence-electron chi connectivity index (χ1n) is 7.56. The minimum Gasteiger partial charge on any atom is -0.481 e. The van der Waals surface area contributed by atoms with Crippen molar-refractivity contribution >= 4 is 12.0 Å². The van der Waals surface area contributed by atoms with Crippen LogP contribution in [0.1, 0.15) is 32.1 Å². The number of nitrogens with zero attached hydrogens (tertiary/aromatic N) is 1. The maximum absolute atomic E-state index is 12.0. The molecule has 2 aliphatic rings. The fourth-order valence-electron chi connectivity index (χ4n) is 3.27. The molecule has 1 saturated carbocycles. The molecule has 0 spiro atoms. The zero-order valence-corrected chi connectivity index (χ0v) is 12.8. The molecule has 0 aliphatic heterocycles. The number of likely N-dealkylation sites (N-methyl/N-ethyl adjacent to an activating group) is 1. The molecule has 6 nitrogen and oxygen atoms in total. The molecule has 0 aromatic heterocycles. The minimum atomic E-state index is -0.839. The molecule has 0 bridgehead atoms. The predicted octanol–water partition coefficient (Wildman–Crippen LogP) is 1.19. The van der Waals surface area contributed by atoms with Crippen molar-refractivity contribution in [2.75, 3.05) is 20.6 Å². The van der Waals surface area contributed by atoms with E-state index in [0.29, 0.717) is 13.0 Å². The Morgan fingerprint density at radius 1 is 1.29 bits per heavy atom. The molecule has 2 rings (SSSR count). The number of urea groups is 1. The maximum Gasteiger partial charge on any atom is 0.315 e. The van der Waals surface area contributed by atoms with Gasteiger partial charge in [-0.2, -0.15) is 0 Å². The van der Waals surface area contributed by atoms with Gasteiger partial charge in [0.25, 0.3) is 0 Å². The summed E-state index contributed by atoms with van der Waals surface area (Å²) < 4.78 is 0. The quantitative estimate of drug-likeness (QED) is 0.665. The predicted molar refractivity (Wildman–Crippen MR) is 80.1 cm³/mol. The Bertz CT molecular complexity index is 428. The Labute approximate surface area is 125 Å². The van der Waals surface area contributed by atoms with Crippen LogP contribution in [-0.2, 0) is 4.79 Å². The lowest BCUT2D eigenvalue weighted by Gasteiger charge is -2.36. The fourth-order valence-corrected chi connectivity index (χ4v) is 3.27. The first-order chi connectivity index (χ1) is 9.93. The third kappa shape index (κ3) is 3.75. The standard InChI is InChI=1S/C15H25N3O3/c1-18(2)15(7-3-4-8-15)10-16-14(21)17-12-6-5-11(9-12)13(19)20/h5-6,11-12H,3-4,7-10H2,1-2H3,(H,19,20)(H2,16,17,21). The van der Waals surface area contributed by atoms with E-state index in [1.165, 1.54) is 12.8 Å². The monoisotopic (exact) mass is 295 g/mol. The second-order valence-corrected chi connectivity index (χ2v) is 6.32. The van der Waals surface area contributed by atoms with Crippen LogP contribution >= 0.6 is 0 Å². The SMILES string of the molecule is CN(C)C1(CNC(=O)NC2C=CC(C(=O)O)C2)CCCC1. The molecule has 0 saturated heterocycles. The number of carbonyl (C=O) groups is 2. The lowest BCUT2D eigenvalue weighted by molar-refractivity contribution is -0.140. The third-order valence-electron chi connectivity index (χ3n) is 4.78. The Balaban J connectivity index is 1.78. The minimum absolute atomic E-state index is 0.0620. The van der Waals surface area contributed by atoms with E-state index in [4.69, 9.17) is 5.11 Å². The van der Waals surface area contributed by atoms with Crippen LogP contribution in [0, 0.1) is 5.92 Å². The Morgan fingerprint density at radius 2 is 1.95 bits per heavy atom. The molecular weight excluding hydrogens is 270 g/mol. The number of hydrogen-bond donors (Lipinski definition) is 3. The van der Waals surface area contributed by atoms with Gasteiger partial charge in [-0.05, 0) is 33.4 Å². The van der Waals surface area contributed by atoms with Crippen molar-refractivity contribution < 1.29 is 14.7 Å². The number of nitrogens with one attached hydrogen (secondary N) is 2. The number of hydrogen-bond acceptors (Lipinski definition) is 3. The van der Waals surface area contributed by atoms with Crippen LogP contribution in [-0.4, -0.2) is 54.2 Å². The van der Waals surface area contributed by atoms with Crippen LogP contribution in [0.2, 0.25) is 0 Å². The van der Waals surface area contributed by atoms with Gasteiger partial charge < -0.3 is 20.6 Å². The van der Waals surface area contributed by atoms with Crippen molar-refractivity contribution in [3.05, 3.63) is 12.2 Å². The maximum atomic E-state index is 12.0. The molecule has 0 heterocycles. The lowest BCUT2D eigenvalue weighted by atomic mass is 9.96. The average molecular weight is 295 g/mol. The summed E-state index contributed by atoms with van der Waals surface area (Å²) >= 11 is 0. The molecule has 2 atom stereocenters. The molecule has 21 heavy (non-hydrogen) atoms. The van der Waals surface area contributed by atoms with Crippen molar-refractivity contribution in [3.8, 4) is 0 Å². The molecule has 3 N–H and O–H groups in total. The van der Waals surface area contributed by atoms with Crippen LogP contribution in [0.25, 0.3) is 0 Å². The van der Waals surface area contributed by atoms with Crippen LogP contribution in [0.3, 0.4) is 0 Å². The van der Waals surface area contributed by atoms with Gasteiger partial charge in [-0.25, -0.2) is 4.79 Å². The van der Waals surface area contributed by atoms with Gasteiger partial charge in [-0.1, -0.05) is 25.0 Å². The summed E-state index contributed by atoms with van der Waals surface area (Å²) in [6, 6.07) is -0.409. The molecular formula is C15H25N3O3. The van der Waals surface area contributed by atoms with Gasteiger partial charge in [-0.15, -0.1) is 0 Å². The normalized spacial score (nSPS) is 27.0.